The van der Waals surface area contributed by atoms with Gasteiger partial charge in [0.15, 0.2) is 0 Å². The molecule has 0 aliphatic rings. The first-order valence-corrected chi connectivity index (χ1v) is 7.99. The summed E-state index contributed by atoms with van der Waals surface area (Å²) in [7, 11) is 0. The first-order valence-electron chi connectivity index (χ1n) is 7.11. The highest BCUT2D eigenvalue weighted by atomic mass is 32.1. The zero-order valence-corrected chi connectivity index (χ0v) is 13.2. The topological polar surface area (TPSA) is 48.7 Å². The third-order valence-electron chi connectivity index (χ3n) is 3.13. The van der Waals surface area contributed by atoms with E-state index in [1.807, 2.05) is 24.4 Å². The number of nitrogens with one attached hydrogen (secondary N) is 1. The third-order valence-corrected chi connectivity index (χ3v) is 4.12. The average molecular weight is 297 g/mol. The minimum Gasteiger partial charge on any atom is -0.360 e. The predicted molar refractivity (Wildman–Crippen MR) is 89.1 cm³/mol. The fraction of sp³-hybridized carbons (Fsp3) is 0.294. The van der Waals surface area contributed by atoms with E-state index >= 15 is 0 Å². The number of nitriles is 1. The zero-order chi connectivity index (χ0) is 15.1. The molecule has 3 nitrogen and oxygen atoms in total. The van der Waals surface area contributed by atoms with Crippen LogP contribution in [0.3, 0.4) is 0 Å². The molecule has 1 N–H and O–H groups in total. The lowest BCUT2D eigenvalue weighted by Gasteiger charge is -2.04. The smallest absolute Gasteiger partial charge is 0.135 e. The largest absolute Gasteiger partial charge is 0.360 e. The van der Waals surface area contributed by atoms with Crippen LogP contribution < -0.4 is 5.32 Å². The van der Waals surface area contributed by atoms with Crippen LogP contribution in [0.15, 0.2) is 35.8 Å². The van der Waals surface area contributed by atoms with Crippen molar-refractivity contribution in [2.24, 2.45) is 0 Å². The molecule has 1 aromatic carbocycles. The first-order chi connectivity index (χ1) is 10.2. The first kappa shape index (κ1) is 15.3. The van der Waals surface area contributed by atoms with E-state index in [9.17, 15) is 5.26 Å². The summed E-state index contributed by atoms with van der Waals surface area (Å²) in [6.45, 7) is 4.13. The average Bonchev–Trinajstić information content (AvgIpc) is 2.93. The van der Waals surface area contributed by atoms with Gasteiger partial charge in [0, 0.05) is 23.0 Å². The van der Waals surface area contributed by atoms with Crippen LogP contribution in [0.5, 0.6) is 0 Å². The van der Waals surface area contributed by atoms with Gasteiger partial charge in [-0.25, -0.2) is 4.98 Å². The van der Waals surface area contributed by atoms with Crippen molar-refractivity contribution < 1.29 is 0 Å². The number of rotatable bonds is 6. The van der Waals surface area contributed by atoms with Crippen molar-refractivity contribution in [2.45, 2.75) is 33.1 Å². The molecule has 0 saturated heterocycles. The van der Waals surface area contributed by atoms with E-state index < -0.39 is 0 Å². The van der Waals surface area contributed by atoms with Crippen molar-refractivity contribution in [3.05, 3.63) is 52.1 Å². The lowest BCUT2D eigenvalue weighted by molar-refractivity contribution is 0.795. The molecule has 0 spiro atoms. The van der Waals surface area contributed by atoms with Crippen molar-refractivity contribution in [3.63, 3.8) is 0 Å². The number of aromatic nitrogens is 1. The van der Waals surface area contributed by atoms with E-state index in [1.165, 1.54) is 29.7 Å². The lowest BCUT2D eigenvalue weighted by Crippen LogP contribution is -1.92. The maximum absolute atomic E-state index is 9.22. The van der Waals surface area contributed by atoms with Gasteiger partial charge in [-0.2, -0.15) is 5.26 Å². The van der Waals surface area contributed by atoms with E-state index in [2.05, 4.69) is 35.4 Å². The number of hydrogen-bond acceptors (Lipinski definition) is 4. The van der Waals surface area contributed by atoms with Crippen molar-refractivity contribution in [2.75, 3.05) is 5.32 Å². The van der Waals surface area contributed by atoms with Crippen LogP contribution in [0.25, 0.3) is 5.57 Å². The standard InChI is InChI=1S/C17H19N3S/c1-3-4-5-14-6-8-16(9-7-14)19-11-15(10-18)17-20-13(2)12-21-17/h6-9,11-12,19H,3-5H2,1-2H3/b15-11+. The molecule has 0 saturated carbocycles. The molecule has 108 valence electrons. The molecule has 21 heavy (non-hydrogen) atoms. The van der Waals surface area contributed by atoms with Gasteiger partial charge in [0.1, 0.15) is 16.6 Å². The summed E-state index contributed by atoms with van der Waals surface area (Å²) in [4.78, 5) is 4.33. The summed E-state index contributed by atoms with van der Waals surface area (Å²) in [6, 6.07) is 10.5. The molecule has 4 heteroatoms. The summed E-state index contributed by atoms with van der Waals surface area (Å²) in [5.41, 5.74) is 3.83. The molecule has 0 atom stereocenters. The fourth-order valence-electron chi connectivity index (χ4n) is 1.92. The number of hydrogen-bond donors (Lipinski definition) is 1. The van der Waals surface area contributed by atoms with Gasteiger partial charge in [-0.3, -0.25) is 0 Å². The normalized spacial score (nSPS) is 11.2. The van der Waals surface area contributed by atoms with Gasteiger partial charge in [-0.1, -0.05) is 25.5 Å². The van der Waals surface area contributed by atoms with E-state index in [-0.39, 0.29) is 0 Å². The molecular formula is C17H19N3S. The van der Waals surface area contributed by atoms with Crippen LogP contribution in [0.1, 0.15) is 36.0 Å². The Labute approximate surface area is 130 Å². The van der Waals surface area contributed by atoms with Crippen molar-refractivity contribution in [1.82, 2.24) is 4.98 Å². The number of anilines is 1. The van der Waals surface area contributed by atoms with Crippen LogP contribution in [0.4, 0.5) is 5.69 Å². The second-order valence-corrected chi connectivity index (χ2v) is 5.77. The Hall–Kier alpha value is -2.12. The summed E-state index contributed by atoms with van der Waals surface area (Å²) in [6.07, 6.45) is 5.27. The molecule has 1 heterocycles. The Morgan fingerprint density at radius 3 is 2.71 bits per heavy atom. The quantitative estimate of drug-likeness (QED) is 0.781. The Kier molecular flexibility index (Phi) is 5.53. The van der Waals surface area contributed by atoms with E-state index in [0.29, 0.717) is 5.57 Å². The van der Waals surface area contributed by atoms with Crippen LogP contribution in [0.2, 0.25) is 0 Å². The van der Waals surface area contributed by atoms with Crippen molar-refractivity contribution in [1.29, 1.82) is 5.26 Å². The number of unbranched alkanes of at least 4 members (excludes halogenated alkanes) is 1. The molecule has 0 bridgehead atoms. The van der Waals surface area contributed by atoms with Crippen LogP contribution in [-0.4, -0.2) is 4.98 Å². The molecule has 2 aromatic rings. The predicted octanol–water partition coefficient (Wildman–Crippen LogP) is 4.77. The van der Waals surface area contributed by atoms with Gasteiger partial charge in [0.2, 0.25) is 0 Å². The highest BCUT2D eigenvalue weighted by Crippen LogP contribution is 2.19. The maximum atomic E-state index is 9.22. The molecule has 0 fully saturated rings. The van der Waals surface area contributed by atoms with Crippen molar-refractivity contribution >= 4 is 22.6 Å². The molecule has 0 amide bonds. The van der Waals surface area contributed by atoms with Crippen LogP contribution in [-0.2, 0) is 6.42 Å². The summed E-state index contributed by atoms with van der Waals surface area (Å²) < 4.78 is 0. The number of benzene rings is 1. The van der Waals surface area contributed by atoms with Gasteiger partial charge in [0.25, 0.3) is 0 Å². The minimum atomic E-state index is 0.558. The summed E-state index contributed by atoms with van der Waals surface area (Å²) in [5, 5.41) is 15.1. The number of allylic oxidation sites excluding steroid dienone is 1. The van der Waals surface area contributed by atoms with Gasteiger partial charge in [-0.15, -0.1) is 11.3 Å². The number of thiazole rings is 1. The molecule has 0 unspecified atom stereocenters. The maximum Gasteiger partial charge on any atom is 0.135 e. The molecule has 0 aliphatic carbocycles. The molecule has 0 radical (unpaired) electrons. The van der Waals surface area contributed by atoms with Gasteiger partial charge in [-0.05, 0) is 37.5 Å². The zero-order valence-electron chi connectivity index (χ0n) is 12.4. The second kappa shape index (κ2) is 7.61. The summed E-state index contributed by atoms with van der Waals surface area (Å²) in [5.74, 6) is 0. The molecule has 1 aromatic heterocycles. The van der Waals surface area contributed by atoms with Crippen molar-refractivity contribution in [3.8, 4) is 6.07 Å². The fourth-order valence-corrected chi connectivity index (χ4v) is 2.69. The highest BCUT2D eigenvalue weighted by Gasteiger charge is 2.05. The monoisotopic (exact) mass is 297 g/mol. The third kappa shape index (κ3) is 4.44. The van der Waals surface area contributed by atoms with Gasteiger partial charge < -0.3 is 5.32 Å². The van der Waals surface area contributed by atoms with E-state index in [0.717, 1.165) is 22.8 Å². The highest BCUT2D eigenvalue weighted by molar-refractivity contribution is 7.10. The van der Waals surface area contributed by atoms with E-state index in [4.69, 9.17) is 0 Å². The Balaban J connectivity index is 2.03. The Bertz CT molecular complexity index is 647. The summed E-state index contributed by atoms with van der Waals surface area (Å²) >= 11 is 1.49. The van der Waals surface area contributed by atoms with Crippen LogP contribution in [0, 0.1) is 18.3 Å². The Morgan fingerprint density at radius 1 is 1.38 bits per heavy atom. The lowest BCUT2D eigenvalue weighted by atomic mass is 10.1. The second-order valence-electron chi connectivity index (χ2n) is 4.91. The number of aryl methyl sites for hydroxylation is 2. The Morgan fingerprint density at radius 2 is 2.14 bits per heavy atom. The van der Waals surface area contributed by atoms with Gasteiger partial charge in [0.05, 0.1) is 0 Å². The van der Waals surface area contributed by atoms with Gasteiger partial charge >= 0.3 is 0 Å². The number of nitrogens with zero attached hydrogens (tertiary/aromatic N) is 2. The molecule has 2 rings (SSSR count). The molecular weight excluding hydrogens is 278 g/mol. The molecule has 0 aliphatic heterocycles. The minimum absolute atomic E-state index is 0.558. The van der Waals surface area contributed by atoms with Crippen LogP contribution >= 0.6 is 11.3 Å². The SMILES string of the molecule is CCCCc1ccc(N/C=C(\C#N)c2nc(C)cs2)cc1. The van der Waals surface area contributed by atoms with E-state index in [1.54, 1.807) is 6.20 Å².